The molecular weight excluding hydrogens is 224 g/mol. The van der Waals surface area contributed by atoms with Crippen LogP contribution in [-0.2, 0) is 0 Å². The lowest BCUT2D eigenvalue weighted by atomic mass is 10.3. The van der Waals surface area contributed by atoms with Gasteiger partial charge in [-0.2, -0.15) is 10.2 Å². The Bertz CT molecular complexity index is 527. The maximum atomic E-state index is 5.60. The quantitative estimate of drug-likeness (QED) is 0.656. The highest BCUT2D eigenvalue weighted by atomic mass is 15.1. The van der Waals surface area contributed by atoms with Crippen molar-refractivity contribution in [1.82, 2.24) is 0 Å². The Labute approximate surface area is 107 Å². The van der Waals surface area contributed by atoms with Crippen molar-refractivity contribution < 1.29 is 0 Å². The molecule has 0 aliphatic rings. The Morgan fingerprint density at radius 2 is 1.22 bits per heavy atom. The summed E-state index contributed by atoms with van der Waals surface area (Å²) in [5.74, 6) is 0. The van der Waals surface area contributed by atoms with Gasteiger partial charge >= 0.3 is 0 Å². The summed E-state index contributed by atoms with van der Waals surface area (Å²) in [7, 11) is 4.01. The van der Waals surface area contributed by atoms with Crippen LogP contribution in [0.25, 0.3) is 0 Å². The Balaban J connectivity index is 2.11. The molecule has 0 aromatic heterocycles. The molecule has 2 aromatic rings. The summed E-state index contributed by atoms with van der Waals surface area (Å²) < 4.78 is 0. The summed E-state index contributed by atoms with van der Waals surface area (Å²) in [4.78, 5) is 2.04. The normalized spacial score (nSPS) is 10.8. The van der Waals surface area contributed by atoms with Crippen LogP contribution < -0.4 is 10.6 Å². The summed E-state index contributed by atoms with van der Waals surface area (Å²) in [5, 5.41) is 8.32. The molecule has 0 aliphatic carbocycles. The first kappa shape index (κ1) is 12.1. The zero-order valence-corrected chi connectivity index (χ0v) is 10.5. The standard InChI is InChI=1S/C14H16N4/c1-18(2)14-9-7-13(8-10-14)17-16-12-5-3-11(15)4-6-12/h3-10H,15H2,1-2H3/b17-16+. The third kappa shape index (κ3) is 3.07. The molecule has 4 nitrogen and oxygen atoms in total. The van der Waals surface area contributed by atoms with Crippen LogP contribution in [0.5, 0.6) is 0 Å². The summed E-state index contributed by atoms with van der Waals surface area (Å²) in [6.45, 7) is 0. The molecule has 0 saturated carbocycles. The third-order valence-corrected chi connectivity index (χ3v) is 2.54. The topological polar surface area (TPSA) is 54.0 Å². The molecule has 0 unspecified atom stereocenters. The molecule has 0 atom stereocenters. The van der Waals surface area contributed by atoms with Gasteiger partial charge in [0.05, 0.1) is 11.4 Å². The molecule has 0 heterocycles. The Morgan fingerprint density at radius 1 is 0.778 bits per heavy atom. The number of hydrogen-bond acceptors (Lipinski definition) is 4. The number of anilines is 2. The summed E-state index contributed by atoms with van der Waals surface area (Å²) >= 11 is 0. The minimum Gasteiger partial charge on any atom is -0.399 e. The van der Waals surface area contributed by atoms with Gasteiger partial charge in [0.15, 0.2) is 0 Å². The number of nitrogen functional groups attached to an aromatic ring is 1. The van der Waals surface area contributed by atoms with Gasteiger partial charge in [-0.15, -0.1) is 0 Å². The number of nitrogens with two attached hydrogens (primary N) is 1. The van der Waals surface area contributed by atoms with E-state index in [-0.39, 0.29) is 0 Å². The number of nitrogens with zero attached hydrogens (tertiary/aromatic N) is 3. The van der Waals surface area contributed by atoms with Gasteiger partial charge in [0, 0.05) is 25.5 Å². The fourth-order valence-electron chi connectivity index (χ4n) is 1.47. The lowest BCUT2D eigenvalue weighted by Crippen LogP contribution is -2.07. The highest BCUT2D eigenvalue weighted by Gasteiger charge is 1.95. The van der Waals surface area contributed by atoms with E-state index in [9.17, 15) is 0 Å². The molecule has 0 amide bonds. The summed E-state index contributed by atoms with van der Waals surface area (Å²) in [5.41, 5.74) is 9.09. The van der Waals surface area contributed by atoms with Crippen molar-refractivity contribution in [3.8, 4) is 0 Å². The summed E-state index contributed by atoms with van der Waals surface area (Å²) in [6, 6.07) is 15.2. The van der Waals surface area contributed by atoms with Crippen LogP contribution in [0.2, 0.25) is 0 Å². The smallest absolute Gasteiger partial charge is 0.0858 e. The zero-order valence-electron chi connectivity index (χ0n) is 10.5. The van der Waals surface area contributed by atoms with E-state index < -0.39 is 0 Å². The lowest BCUT2D eigenvalue weighted by molar-refractivity contribution is 1.13. The van der Waals surface area contributed by atoms with Gasteiger partial charge in [-0.1, -0.05) is 0 Å². The molecule has 18 heavy (non-hydrogen) atoms. The van der Waals surface area contributed by atoms with Crippen molar-refractivity contribution in [1.29, 1.82) is 0 Å². The molecule has 2 aromatic carbocycles. The highest BCUT2D eigenvalue weighted by molar-refractivity contribution is 5.52. The second-order valence-electron chi connectivity index (χ2n) is 4.20. The van der Waals surface area contributed by atoms with Crippen LogP contribution in [-0.4, -0.2) is 14.1 Å². The first-order chi connectivity index (χ1) is 8.65. The van der Waals surface area contributed by atoms with E-state index in [1.165, 1.54) is 0 Å². The molecule has 0 fully saturated rings. The predicted octanol–water partition coefficient (Wildman–Crippen LogP) is 3.75. The van der Waals surface area contributed by atoms with Crippen molar-refractivity contribution >= 4 is 22.7 Å². The monoisotopic (exact) mass is 240 g/mol. The average Bonchev–Trinajstić information content (AvgIpc) is 2.38. The number of benzene rings is 2. The van der Waals surface area contributed by atoms with Gasteiger partial charge in [0.1, 0.15) is 0 Å². The van der Waals surface area contributed by atoms with Crippen molar-refractivity contribution in [2.75, 3.05) is 24.7 Å². The van der Waals surface area contributed by atoms with E-state index in [4.69, 9.17) is 5.73 Å². The van der Waals surface area contributed by atoms with Crippen LogP contribution in [0.3, 0.4) is 0 Å². The Hall–Kier alpha value is -2.36. The number of hydrogen-bond donors (Lipinski definition) is 1. The molecule has 0 bridgehead atoms. The zero-order chi connectivity index (χ0) is 13.0. The van der Waals surface area contributed by atoms with Gasteiger partial charge in [-0.05, 0) is 48.5 Å². The molecule has 0 spiro atoms. The largest absolute Gasteiger partial charge is 0.399 e. The molecule has 92 valence electrons. The molecule has 2 rings (SSSR count). The maximum absolute atomic E-state index is 5.60. The van der Waals surface area contributed by atoms with Gasteiger partial charge in [-0.3, -0.25) is 0 Å². The van der Waals surface area contributed by atoms with E-state index in [0.717, 1.165) is 22.7 Å². The predicted molar refractivity (Wildman–Crippen MR) is 75.8 cm³/mol. The van der Waals surface area contributed by atoms with Crippen LogP contribution in [0.15, 0.2) is 58.8 Å². The van der Waals surface area contributed by atoms with E-state index in [1.807, 2.05) is 67.5 Å². The highest BCUT2D eigenvalue weighted by Crippen LogP contribution is 2.21. The molecule has 0 aliphatic heterocycles. The fourth-order valence-corrected chi connectivity index (χ4v) is 1.47. The van der Waals surface area contributed by atoms with Gasteiger partial charge in [-0.25, -0.2) is 0 Å². The third-order valence-electron chi connectivity index (χ3n) is 2.54. The van der Waals surface area contributed by atoms with Crippen molar-refractivity contribution in [3.05, 3.63) is 48.5 Å². The van der Waals surface area contributed by atoms with E-state index in [0.29, 0.717) is 0 Å². The van der Waals surface area contributed by atoms with Crippen LogP contribution in [0.4, 0.5) is 22.7 Å². The molecule has 0 radical (unpaired) electrons. The van der Waals surface area contributed by atoms with Crippen molar-refractivity contribution in [2.45, 2.75) is 0 Å². The van der Waals surface area contributed by atoms with E-state index in [2.05, 4.69) is 10.2 Å². The minimum atomic E-state index is 0.726. The first-order valence-electron chi connectivity index (χ1n) is 5.70. The lowest BCUT2D eigenvalue weighted by Gasteiger charge is -2.11. The van der Waals surface area contributed by atoms with Gasteiger partial charge in [0.2, 0.25) is 0 Å². The van der Waals surface area contributed by atoms with E-state index in [1.54, 1.807) is 0 Å². The number of rotatable bonds is 3. The second-order valence-corrected chi connectivity index (χ2v) is 4.20. The molecule has 0 saturated heterocycles. The molecule has 4 heteroatoms. The van der Waals surface area contributed by atoms with Gasteiger partial charge < -0.3 is 10.6 Å². The minimum absolute atomic E-state index is 0.726. The van der Waals surface area contributed by atoms with Crippen molar-refractivity contribution in [2.24, 2.45) is 10.2 Å². The first-order valence-corrected chi connectivity index (χ1v) is 5.70. The Morgan fingerprint density at radius 3 is 1.67 bits per heavy atom. The van der Waals surface area contributed by atoms with Crippen LogP contribution in [0, 0.1) is 0 Å². The summed E-state index contributed by atoms with van der Waals surface area (Å²) in [6.07, 6.45) is 0. The molecular formula is C14H16N4. The van der Waals surface area contributed by atoms with Crippen molar-refractivity contribution in [3.63, 3.8) is 0 Å². The van der Waals surface area contributed by atoms with Crippen LogP contribution in [0.1, 0.15) is 0 Å². The maximum Gasteiger partial charge on any atom is 0.0858 e. The van der Waals surface area contributed by atoms with E-state index >= 15 is 0 Å². The average molecular weight is 240 g/mol. The molecule has 2 N–H and O–H groups in total. The fraction of sp³-hybridized carbons (Fsp3) is 0.143. The second kappa shape index (κ2) is 5.31. The van der Waals surface area contributed by atoms with Gasteiger partial charge in [0.25, 0.3) is 0 Å². The van der Waals surface area contributed by atoms with Crippen LogP contribution >= 0.6 is 0 Å². The SMILES string of the molecule is CN(C)c1ccc(/N=N/c2ccc(N)cc2)cc1. The number of azo groups is 1. The Kier molecular flexibility index (Phi) is 3.57.